The first-order chi connectivity index (χ1) is 5.40. The first kappa shape index (κ1) is 12.2. The molecule has 4 heteroatoms. The van der Waals surface area contributed by atoms with Gasteiger partial charge in [-0.2, -0.15) is 0 Å². The van der Waals surface area contributed by atoms with Crippen LogP contribution in [0.25, 0.3) is 0 Å². The second-order valence-corrected chi connectivity index (χ2v) is 4.73. The van der Waals surface area contributed by atoms with Gasteiger partial charge < -0.3 is 10.1 Å². The molecule has 0 heterocycles. The van der Waals surface area contributed by atoms with E-state index in [1.807, 2.05) is 0 Å². The maximum atomic E-state index is 10.7. The van der Waals surface area contributed by atoms with Crippen molar-refractivity contribution in [2.75, 3.05) is 13.7 Å². The summed E-state index contributed by atoms with van der Waals surface area (Å²) >= 11 is 2.21. The summed E-state index contributed by atoms with van der Waals surface area (Å²) in [5, 5.41) is 2.84. The quantitative estimate of drug-likeness (QED) is 0.483. The number of halogens is 1. The molecule has 0 bridgehead atoms. The monoisotopic (exact) mass is 285 g/mol. The summed E-state index contributed by atoms with van der Waals surface area (Å²) in [6.45, 7) is 6.28. The average Bonchev–Trinajstić information content (AvgIpc) is 1.85. The lowest BCUT2D eigenvalue weighted by atomic mass is 9.95. The Morgan fingerprint density at radius 3 is 2.50 bits per heavy atom. The van der Waals surface area contributed by atoms with Gasteiger partial charge in [0.2, 0.25) is 5.91 Å². The third-order valence-electron chi connectivity index (χ3n) is 1.53. The van der Waals surface area contributed by atoms with Gasteiger partial charge in [0, 0.05) is 19.4 Å². The summed E-state index contributed by atoms with van der Waals surface area (Å²) in [6, 6.07) is 0. The van der Waals surface area contributed by atoms with Gasteiger partial charge in [-0.1, -0.05) is 36.4 Å². The van der Waals surface area contributed by atoms with Crippen LogP contribution in [0.15, 0.2) is 0 Å². The molecule has 12 heavy (non-hydrogen) atoms. The predicted octanol–water partition coefficient (Wildman–Crippen LogP) is 1.56. The van der Waals surface area contributed by atoms with Crippen molar-refractivity contribution in [1.82, 2.24) is 5.32 Å². The lowest BCUT2D eigenvalue weighted by molar-refractivity contribution is -0.119. The summed E-state index contributed by atoms with van der Waals surface area (Å²) in [4.78, 5) is 10.7. The fourth-order valence-corrected chi connectivity index (χ4v) is 1.44. The van der Waals surface area contributed by atoms with Crippen molar-refractivity contribution >= 4 is 28.5 Å². The zero-order valence-electron chi connectivity index (χ0n) is 7.98. The van der Waals surface area contributed by atoms with Crippen LogP contribution in [0.5, 0.6) is 0 Å². The number of alkyl halides is 1. The molecule has 0 aliphatic heterocycles. The fraction of sp³-hybridized carbons (Fsp3) is 0.875. The van der Waals surface area contributed by atoms with Crippen LogP contribution in [0, 0.1) is 5.41 Å². The molecule has 0 aliphatic carbocycles. The van der Waals surface area contributed by atoms with Gasteiger partial charge in [-0.3, -0.25) is 4.79 Å². The van der Waals surface area contributed by atoms with E-state index in [9.17, 15) is 4.79 Å². The smallest absolute Gasteiger partial charge is 0.217 e. The second kappa shape index (κ2) is 5.01. The molecular weight excluding hydrogens is 269 g/mol. The molecule has 0 aromatic rings. The normalized spacial score (nSPS) is 14.1. The number of hydrogen-bond donors (Lipinski definition) is 1. The number of rotatable bonds is 4. The molecule has 0 fully saturated rings. The van der Waals surface area contributed by atoms with Gasteiger partial charge >= 0.3 is 0 Å². The van der Waals surface area contributed by atoms with Crippen LogP contribution < -0.4 is 5.32 Å². The first-order valence-electron chi connectivity index (χ1n) is 3.80. The minimum absolute atomic E-state index is 0.00132. The van der Waals surface area contributed by atoms with E-state index >= 15 is 0 Å². The van der Waals surface area contributed by atoms with E-state index in [1.165, 1.54) is 6.92 Å². The largest absolute Gasteiger partial charge is 0.384 e. The summed E-state index contributed by atoms with van der Waals surface area (Å²) in [6.07, 6.45) is 0. The van der Waals surface area contributed by atoms with Gasteiger partial charge in [-0.25, -0.2) is 0 Å². The zero-order valence-corrected chi connectivity index (χ0v) is 10.1. The molecule has 0 rings (SSSR count). The molecule has 0 aliphatic rings. The van der Waals surface area contributed by atoms with Gasteiger partial charge in [0.05, 0.1) is 10.7 Å². The Hall–Kier alpha value is 0.160. The van der Waals surface area contributed by atoms with E-state index in [4.69, 9.17) is 4.74 Å². The summed E-state index contributed by atoms with van der Waals surface area (Å²) in [7, 11) is 1.67. The van der Waals surface area contributed by atoms with Crippen LogP contribution in [0.1, 0.15) is 20.8 Å². The molecule has 72 valence electrons. The summed E-state index contributed by atoms with van der Waals surface area (Å²) in [5.74, 6) is -0.00132. The van der Waals surface area contributed by atoms with Gasteiger partial charge in [0.25, 0.3) is 0 Å². The molecule has 0 aromatic carbocycles. The first-order valence-corrected chi connectivity index (χ1v) is 5.05. The highest BCUT2D eigenvalue weighted by Crippen LogP contribution is 2.25. The van der Waals surface area contributed by atoms with Crippen LogP contribution in [0.4, 0.5) is 0 Å². The maximum absolute atomic E-state index is 10.7. The van der Waals surface area contributed by atoms with E-state index < -0.39 is 0 Å². The standard InChI is InChI=1S/C8H16INO2/c1-6(11)10-7(9)8(2,3)5-12-4/h7H,5H2,1-4H3,(H,10,11). The molecule has 0 radical (unpaired) electrons. The summed E-state index contributed by atoms with van der Waals surface area (Å²) in [5.41, 5.74) is -0.0268. The van der Waals surface area contributed by atoms with E-state index in [0.717, 1.165) is 0 Å². The molecule has 1 amide bonds. The lowest BCUT2D eigenvalue weighted by Gasteiger charge is -2.29. The number of amides is 1. The molecule has 0 saturated carbocycles. The van der Waals surface area contributed by atoms with E-state index in [1.54, 1.807) is 7.11 Å². The molecule has 1 atom stereocenters. The average molecular weight is 285 g/mol. The zero-order chi connectivity index (χ0) is 9.78. The second-order valence-electron chi connectivity index (χ2n) is 3.48. The molecule has 3 nitrogen and oxygen atoms in total. The topological polar surface area (TPSA) is 38.3 Å². The number of ether oxygens (including phenoxy) is 1. The highest BCUT2D eigenvalue weighted by molar-refractivity contribution is 14.1. The molecule has 0 aromatic heterocycles. The van der Waals surface area contributed by atoms with Crippen LogP contribution in [-0.4, -0.2) is 23.7 Å². The van der Waals surface area contributed by atoms with Crippen molar-refractivity contribution in [3.63, 3.8) is 0 Å². The number of methoxy groups -OCH3 is 1. The van der Waals surface area contributed by atoms with Crippen LogP contribution in [-0.2, 0) is 9.53 Å². The Morgan fingerprint density at radius 2 is 2.17 bits per heavy atom. The Bertz CT molecular complexity index is 159. The fourth-order valence-electron chi connectivity index (χ4n) is 0.819. The molecule has 1 unspecified atom stereocenters. The van der Waals surface area contributed by atoms with Gasteiger partial charge in [-0.15, -0.1) is 0 Å². The van der Waals surface area contributed by atoms with Crippen LogP contribution in [0.2, 0.25) is 0 Å². The van der Waals surface area contributed by atoms with Gasteiger partial charge in [-0.05, 0) is 0 Å². The Morgan fingerprint density at radius 1 is 1.67 bits per heavy atom. The number of nitrogens with one attached hydrogen (secondary N) is 1. The van der Waals surface area contributed by atoms with Crippen LogP contribution in [0.3, 0.4) is 0 Å². The van der Waals surface area contributed by atoms with E-state index in [0.29, 0.717) is 6.61 Å². The third-order valence-corrected chi connectivity index (χ3v) is 3.53. The van der Waals surface area contributed by atoms with Crippen molar-refractivity contribution in [3.05, 3.63) is 0 Å². The number of carbonyl (C=O) groups is 1. The van der Waals surface area contributed by atoms with Crippen LogP contribution >= 0.6 is 22.6 Å². The summed E-state index contributed by atoms with van der Waals surface area (Å²) < 4.78 is 5.16. The molecule has 1 N–H and O–H groups in total. The highest BCUT2D eigenvalue weighted by Gasteiger charge is 2.27. The Balaban J connectivity index is 4.04. The van der Waals surface area contributed by atoms with Gasteiger partial charge in [0.15, 0.2) is 0 Å². The Kier molecular flexibility index (Phi) is 5.08. The SMILES string of the molecule is COCC(C)(C)C(I)NC(C)=O. The maximum Gasteiger partial charge on any atom is 0.217 e. The highest BCUT2D eigenvalue weighted by atomic mass is 127. The van der Waals surface area contributed by atoms with Crippen molar-refractivity contribution in [1.29, 1.82) is 0 Å². The van der Waals surface area contributed by atoms with Crippen molar-refractivity contribution < 1.29 is 9.53 Å². The van der Waals surface area contributed by atoms with Crippen molar-refractivity contribution in [2.45, 2.75) is 24.8 Å². The van der Waals surface area contributed by atoms with E-state index in [2.05, 4.69) is 41.8 Å². The van der Waals surface area contributed by atoms with E-state index in [-0.39, 0.29) is 15.4 Å². The lowest BCUT2D eigenvalue weighted by Crippen LogP contribution is -2.42. The number of hydrogen-bond acceptors (Lipinski definition) is 2. The van der Waals surface area contributed by atoms with Crippen molar-refractivity contribution in [2.24, 2.45) is 5.41 Å². The van der Waals surface area contributed by atoms with Crippen molar-refractivity contribution in [3.8, 4) is 0 Å². The molecular formula is C8H16INO2. The third kappa shape index (κ3) is 4.25. The molecule has 0 spiro atoms. The minimum atomic E-state index is -0.0268. The Labute approximate surface area is 87.4 Å². The predicted molar refractivity (Wildman–Crippen MR) is 57.3 cm³/mol. The molecule has 0 saturated heterocycles. The minimum Gasteiger partial charge on any atom is -0.384 e. The number of carbonyl (C=O) groups excluding carboxylic acids is 1. The van der Waals surface area contributed by atoms with Gasteiger partial charge in [0.1, 0.15) is 0 Å².